The molecule has 7 heteroatoms. The number of thioether (sulfide) groups is 1. The highest BCUT2D eigenvalue weighted by molar-refractivity contribution is 8.12. The lowest BCUT2D eigenvalue weighted by atomic mass is 10.2. The zero-order chi connectivity index (χ0) is 17.5. The van der Waals surface area contributed by atoms with Gasteiger partial charge in [0.25, 0.3) is 5.24 Å². The average Bonchev–Trinajstić information content (AvgIpc) is 2.67. The van der Waals surface area contributed by atoms with Gasteiger partial charge < -0.3 is 15.0 Å². The average molecular weight is 397 g/mol. The molecule has 1 aliphatic heterocycles. The van der Waals surface area contributed by atoms with Gasteiger partial charge >= 0.3 is 0 Å². The second-order valence-electron chi connectivity index (χ2n) is 5.85. The first-order valence-electron chi connectivity index (χ1n) is 8.29. The van der Waals surface area contributed by atoms with Crippen molar-refractivity contribution in [3.8, 4) is 5.75 Å². The Hall–Kier alpha value is -1.76. The van der Waals surface area contributed by atoms with E-state index >= 15 is 0 Å². The minimum atomic E-state index is -0.249. The van der Waals surface area contributed by atoms with Crippen LogP contribution in [-0.4, -0.2) is 36.3 Å². The van der Waals surface area contributed by atoms with Gasteiger partial charge in [-0.3, -0.25) is 4.79 Å². The molecule has 2 aromatic rings. The maximum Gasteiger partial charge on any atom is 0.282 e. The molecule has 0 saturated carbocycles. The molecule has 0 aromatic heterocycles. The van der Waals surface area contributed by atoms with E-state index in [9.17, 15) is 9.18 Å². The van der Waals surface area contributed by atoms with E-state index < -0.39 is 0 Å². The Morgan fingerprint density at radius 3 is 2.31 bits per heavy atom. The quantitative estimate of drug-likeness (QED) is 0.826. The van der Waals surface area contributed by atoms with Gasteiger partial charge in [0.15, 0.2) is 0 Å². The topological polar surface area (TPSA) is 41.6 Å². The summed E-state index contributed by atoms with van der Waals surface area (Å²) in [6, 6.07) is 14.0. The van der Waals surface area contributed by atoms with Gasteiger partial charge in [-0.1, -0.05) is 36.0 Å². The van der Waals surface area contributed by atoms with E-state index in [0.29, 0.717) is 12.4 Å². The van der Waals surface area contributed by atoms with Crippen molar-refractivity contribution in [2.75, 3.05) is 26.2 Å². The summed E-state index contributed by atoms with van der Waals surface area (Å²) in [7, 11) is 0. The molecule has 0 spiro atoms. The van der Waals surface area contributed by atoms with Gasteiger partial charge in [0.1, 0.15) is 18.2 Å². The van der Waals surface area contributed by atoms with Crippen LogP contribution in [0.3, 0.4) is 0 Å². The molecule has 0 radical (unpaired) electrons. The minimum absolute atomic E-state index is 0. The van der Waals surface area contributed by atoms with Gasteiger partial charge in [0, 0.05) is 31.9 Å². The van der Waals surface area contributed by atoms with Gasteiger partial charge in [-0.2, -0.15) is 0 Å². The Kier molecular flexibility index (Phi) is 8.22. The van der Waals surface area contributed by atoms with Crippen molar-refractivity contribution in [3.05, 3.63) is 65.5 Å². The molecule has 0 unspecified atom stereocenters. The van der Waals surface area contributed by atoms with Crippen LogP contribution < -0.4 is 10.1 Å². The van der Waals surface area contributed by atoms with Crippen LogP contribution in [0.2, 0.25) is 0 Å². The lowest BCUT2D eigenvalue weighted by molar-refractivity contribution is 0.215. The first-order chi connectivity index (χ1) is 12.2. The van der Waals surface area contributed by atoms with Crippen LogP contribution in [0.15, 0.2) is 48.5 Å². The van der Waals surface area contributed by atoms with Gasteiger partial charge in [-0.15, -0.1) is 12.4 Å². The Morgan fingerprint density at radius 1 is 1.04 bits per heavy atom. The third-order valence-corrected chi connectivity index (χ3v) is 4.96. The van der Waals surface area contributed by atoms with Crippen LogP contribution >= 0.6 is 24.2 Å². The third-order valence-electron chi connectivity index (χ3n) is 3.98. The number of hydrogen-bond donors (Lipinski definition) is 1. The van der Waals surface area contributed by atoms with E-state index in [1.807, 2.05) is 29.2 Å². The number of carbonyl (C=O) groups is 1. The molecule has 0 atom stereocenters. The minimum Gasteiger partial charge on any atom is -0.489 e. The summed E-state index contributed by atoms with van der Waals surface area (Å²) in [4.78, 5) is 14.0. The molecule has 1 heterocycles. The molecular formula is C19H22ClFN2O2S. The lowest BCUT2D eigenvalue weighted by Gasteiger charge is -2.26. The van der Waals surface area contributed by atoms with E-state index in [1.54, 1.807) is 12.1 Å². The molecule has 4 nitrogen and oxygen atoms in total. The summed E-state index contributed by atoms with van der Waals surface area (Å²) in [6.07, 6.45) is 0. The van der Waals surface area contributed by atoms with Crippen molar-refractivity contribution in [1.82, 2.24) is 10.2 Å². The largest absolute Gasteiger partial charge is 0.489 e. The van der Waals surface area contributed by atoms with E-state index in [1.165, 1.54) is 23.9 Å². The molecule has 1 N–H and O–H groups in total. The fraction of sp³-hybridized carbons (Fsp3) is 0.316. The number of nitrogens with zero attached hydrogens (tertiary/aromatic N) is 1. The summed E-state index contributed by atoms with van der Waals surface area (Å²) in [5.41, 5.74) is 2.00. The Balaban J connectivity index is 0.00000243. The molecule has 1 fully saturated rings. The molecule has 140 valence electrons. The van der Waals surface area contributed by atoms with Crippen LogP contribution in [0.4, 0.5) is 9.18 Å². The van der Waals surface area contributed by atoms with Crippen LogP contribution in [-0.2, 0) is 12.4 Å². The predicted molar refractivity (Wildman–Crippen MR) is 106 cm³/mol. The number of rotatable bonds is 5. The number of hydrogen-bond acceptors (Lipinski definition) is 4. The number of piperazine rings is 1. The number of benzene rings is 2. The first kappa shape index (κ1) is 20.6. The number of carbonyl (C=O) groups excluding carboxylic acids is 1. The fourth-order valence-electron chi connectivity index (χ4n) is 2.51. The maximum absolute atomic E-state index is 12.9. The van der Waals surface area contributed by atoms with Gasteiger partial charge in [-0.05, 0) is 35.4 Å². The zero-order valence-corrected chi connectivity index (χ0v) is 16.0. The molecule has 1 aliphatic rings. The molecular weight excluding hydrogens is 375 g/mol. The number of halogens is 2. The normalized spacial score (nSPS) is 13.8. The zero-order valence-electron chi connectivity index (χ0n) is 14.3. The van der Waals surface area contributed by atoms with Crippen molar-refractivity contribution in [2.24, 2.45) is 0 Å². The third kappa shape index (κ3) is 6.20. The monoisotopic (exact) mass is 396 g/mol. The molecule has 1 saturated heterocycles. The molecule has 0 aliphatic carbocycles. The van der Waals surface area contributed by atoms with Gasteiger partial charge in [0.2, 0.25) is 0 Å². The van der Waals surface area contributed by atoms with Crippen molar-refractivity contribution in [1.29, 1.82) is 0 Å². The molecule has 2 aromatic carbocycles. The number of amides is 1. The van der Waals surface area contributed by atoms with Crippen LogP contribution in [0.1, 0.15) is 11.1 Å². The number of nitrogens with one attached hydrogen (secondary N) is 1. The molecule has 26 heavy (non-hydrogen) atoms. The Labute approximate surface area is 163 Å². The highest BCUT2D eigenvalue weighted by atomic mass is 35.5. The van der Waals surface area contributed by atoms with E-state index in [0.717, 1.165) is 43.1 Å². The summed E-state index contributed by atoms with van der Waals surface area (Å²) in [5.74, 6) is 1.16. The highest BCUT2D eigenvalue weighted by Crippen LogP contribution is 2.20. The first-order valence-corrected chi connectivity index (χ1v) is 9.28. The molecule has 0 bridgehead atoms. The van der Waals surface area contributed by atoms with E-state index in [2.05, 4.69) is 5.32 Å². The second kappa shape index (κ2) is 10.4. The fourth-order valence-corrected chi connectivity index (χ4v) is 3.36. The van der Waals surface area contributed by atoms with Crippen LogP contribution in [0, 0.1) is 5.82 Å². The summed E-state index contributed by atoms with van der Waals surface area (Å²) >= 11 is 1.34. The molecule has 1 amide bonds. The van der Waals surface area contributed by atoms with Gasteiger partial charge in [-0.25, -0.2) is 4.39 Å². The smallest absolute Gasteiger partial charge is 0.282 e. The van der Waals surface area contributed by atoms with Crippen LogP contribution in [0.25, 0.3) is 0 Å². The predicted octanol–water partition coefficient (Wildman–Crippen LogP) is 4.08. The van der Waals surface area contributed by atoms with E-state index in [-0.39, 0.29) is 23.5 Å². The summed E-state index contributed by atoms with van der Waals surface area (Å²) < 4.78 is 18.6. The number of ether oxygens (including phenoxy) is 1. The summed E-state index contributed by atoms with van der Waals surface area (Å²) in [6.45, 7) is 3.69. The summed E-state index contributed by atoms with van der Waals surface area (Å²) in [5, 5.41) is 3.38. The maximum atomic E-state index is 12.9. The van der Waals surface area contributed by atoms with Crippen molar-refractivity contribution >= 4 is 29.4 Å². The van der Waals surface area contributed by atoms with Crippen molar-refractivity contribution < 1.29 is 13.9 Å². The lowest BCUT2D eigenvalue weighted by Crippen LogP contribution is -2.45. The Bertz CT molecular complexity index is 692. The van der Waals surface area contributed by atoms with Crippen LogP contribution in [0.5, 0.6) is 5.75 Å². The van der Waals surface area contributed by atoms with Crippen molar-refractivity contribution in [2.45, 2.75) is 12.4 Å². The second-order valence-corrected chi connectivity index (χ2v) is 6.78. The SMILES string of the molecule is Cl.O=C(SCc1ccc(OCc2ccc(F)cc2)cc1)N1CCNCC1. The Morgan fingerprint density at radius 2 is 1.65 bits per heavy atom. The van der Waals surface area contributed by atoms with E-state index in [4.69, 9.17) is 4.74 Å². The molecule has 3 rings (SSSR count). The standard InChI is InChI=1S/C19H21FN2O2S.ClH/c20-17-5-1-15(2-6-17)13-24-18-7-3-16(4-8-18)14-25-19(23)22-11-9-21-10-12-22;/h1-8,21H,9-14H2;1H. The van der Waals surface area contributed by atoms with Crippen molar-refractivity contribution in [3.63, 3.8) is 0 Å². The van der Waals surface area contributed by atoms with Gasteiger partial charge in [0.05, 0.1) is 0 Å². The highest BCUT2D eigenvalue weighted by Gasteiger charge is 2.16.